The first kappa shape index (κ1) is 18.3. The van der Waals surface area contributed by atoms with Crippen LogP contribution in [0.2, 0.25) is 5.02 Å². The third-order valence-corrected chi connectivity index (χ3v) is 4.57. The van der Waals surface area contributed by atoms with E-state index in [1.54, 1.807) is 11.2 Å². The number of rotatable bonds is 5. The Hall–Kier alpha value is -2.54. The molecule has 1 aromatic heterocycles. The van der Waals surface area contributed by atoms with Crippen molar-refractivity contribution in [3.05, 3.63) is 47.2 Å². The fourth-order valence-corrected chi connectivity index (χ4v) is 2.98. The summed E-state index contributed by atoms with van der Waals surface area (Å²) in [5.41, 5.74) is 1.01. The minimum absolute atomic E-state index is 0.253. The number of hydrogen-bond acceptors (Lipinski definition) is 6. The zero-order chi connectivity index (χ0) is 18.4. The number of carbonyl (C=O) groups is 1. The molecule has 1 aliphatic heterocycles. The lowest BCUT2D eigenvalue weighted by molar-refractivity contribution is 0.105. The van der Waals surface area contributed by atoms with Gasteiger partial charge in [-0.2, -0.15) is 0 Å². The highest BCUT2D eigenvalue weighted by atomic mass is 35.5. The van der Waals surface area contributed by atoms with Gasteiger partial charge in [-0.1, -0.05) is 29.8 Å². The number of amides is 1. The molecule has 0 spiro atoms. The predicted molar refractivity (Wildman–Crippen MR) is 102 cm³/mol. The van der Waals surface area contributed by atoms with Gasteiger partial charge >= 0.3 is 6.09 Å². The van der Waals surface area contributed by atoms with Crippen LogP contribution >= 0.6 is 11.6 Å². The summed E-state index contributed by atoms with van der Waals surface area (Å²) in [7, 11) is 0. The Labute approximate surface area is 157 Å². The van der Waals surface area contributed by atoms with Crippen molar-refractivity contribution < 1.29 is 9.53 Å². The summed E-state index contributed by atoms with van der Waals surface area (Å²) in [5.74, 6) is 1.58. The molecule has 7 nitrogen and oxygen atoms in total. The monoisotopic (exact) mass is 375 g/mol. The van der Waals surface area contributed by atoms with Gasteiger partial charge in [0.1, 0.15) is 18.0 Å². The zero-order valence-corrected chi connectivity index (χ0v) is 15.4. The molecule has 2 heterocycles. The Morgan fingerprint density at radius 3 is 2.73 bits per heavy atom. The van der Waals surface area contributed by atoms with Crippen LogP contribution in [0.4, 0.5) is 16.4 Å². The molecule has 3 rings (SSSR count). The van der Waals surface area contributed by atoms with E-state index < -0.39 is 0 Å². The van der Waals surface area contributed by atoms with E-state index in [-0.39, 0.29) is 6.09 Å². The van der Waals surface area contributed by atoms with E-state index in [1.165, 1.54) is 0 Å². The maximum absolute atomic E-state index is 11.8. The number of nitrogens with zero attached hydrogens (tertiary/aromatic N) is 4. The van der Waals surface area contributed by atoms with Crippen molar-refractivity contribution in [3.8, 4) is 0 Å². The second-order valence-electron chi connectivity index (χ2n) is 5.88. The molecule has 1 amide bonds. The van der Waals surface area contributed by atoms with E-state index in [4.69, 9.17) is 16.3 Å². The van der Waals surface area contributed by atoms with Crippen LogP contribution in [0.15, 0.2) is 36.7 Å². The summed E-state index contributed by atoms with van der Waals surface area (Å²) in [4.78, 5) is 24.3. The maximum atomic E-state index is 11.8. The number of anilines is 2. The summed E-state index contributed by atoms with van der Waals surface area (Å²) in [6.45, 7) is 5.44. The molecule has 0 atom stereocenters. The lowest BCUT2D eigenvalue weighted by Crippen LogP contribution is -2.49. The number of aromatic nitrogens is 2. The molecule has 26 heavy (non-hydrogen) atoms. The van der Waals surface area contributed by atoms with Gasteiger partial charge in [0.15, 0.2) is 0 Å². The summed E-state index contributed by atoms with van der Waals surface area (Å²) in [6, 6.07) is 9.62. The van der Waals surface area contributed by atoms with Crippen molar-refractivity contribution in [1.29, 1.82) is 0 Å². The molecule has 0 unspecified atom stereocenters. The number of halogens is 1. The average molecular weight is 376 g/mol. The lowest BCUT2D eigenvalue weighted by Gasteiger charge is -2.34. The second-order valence-corrected chi connectivity index (χ2v) is 6.29. The van der Waals surface area contributed by atoms with Gasteiger partial charge in [-0.3, -0.25) is 0 Å². The largest absolute Gasteiger partial charge is 0.450 e. The second kappa shape index (κ2) is 8.71. The van der Waals surface area contributed by atoms with Crippen LogP contribution in [0.5, 0.6) is 0 Å². The maximum Gasteiger partial charge on any atom is 0.409 e. The van der Waals surface area contributed by atoms with Gasteiger partial charge in [-0.25, -0.2) is 14.8 Å². The molecule has 2 aromatic rings. The summed E-state index contributed by atoms with van der Waals surface area (Å²) < 4.78 is 5.05. The van der Waals surface area contributed by atoms with Gasteiger partial charge in [0.2, 0.25) is 0 Å². The van der Waals surface area contributed by atoms with Gasteiger partial charge < -0.3 is 19.9 Å². The fraction of sp³-hybridized carbons (Fsp3) is 0.389. The number of benzene rings is 1. The highest BCUT2D eigenvalue weighted by Gasteiger charge is 2.22. The minimum Gasteiger partial charge on any atom is -0.450 e. The molecule has 1 aliphatic rings. The Morgan fingerprint density at radius 1 is 1.23 bits per heavy atom. The van der Waals surface area contributed by atoms with Crippen LogP contribution in [0.1, 0.15) is 12.5 Å². The van der Waals surface area contributed by atoms with Crippen molar-refractivity contribution in [2.24, 2.45) is 0 Å². The van der Waals surface area contributed by atoms with Crippen LogP contribution in [-0.2, 0) is 11.3 Å². The normalized spacial score (nSPS) is 14.2. The SMILES string of the molecule is CCOC(=O)N1CCN(c2cc(NCc3ccccc3Cl)ncn2)CC1. The Morgan fingerprint density at radius 2 is 2.00 bits per heavy atom. The molecule has 1 saturated heterocycles. The molecular weight excluding hydrogens is 354 g/mol. The molecule has 1 aromatic carbocycles. The fourth-order valence-electron chi connectivity index (χ4n) is 2.78. The lowest BCUT2D eigenvalue weighted by atomic mass is 10.2. The zero-order valence-electron chi connectivity index (χ0n) is 14.7. The standard InChI is InChI=1S/C18H22ClN5O2/c1-2-26-18(25)24-9-7-23(8-10-24)17-11-16(21-13-22-17)20-12-14-5-3-4-6-15(14)19/h3-6,11,13H,2,7-10,12H2,1H3,(H,20,21,22). The number of carbonyl (C=O) groups excluding carboxylic acids is 1. The first-order chi connectivity index (χ1) is 12.7. The van der Waals surface area contributed by atoms with Crippen LogP contribution in [0, 0.1) is 0 Å². The van der Waals surface area contributed by atoms with Crippen LogP contribution in [0.3, 0.4) is 0 Å². The Balaban J connectivity index is 1.58. The van der Waals surface area contributed by atoms with Crippen molar-refractivity contribution in [2.45, 2.75) is 13.5 Å². The van der Waals surface area contributed by atoms with E-state index in [2.05, 4.69) is 20.2 Å². The highest BCUT2D eigenvalue weighted by molar-refractivity contribution is 6.31. The molecule has 138 valence electrons. The number of hydrogen-bond donors (Lipinski definition) is 1. The van der Waals surface area contributed by atoms with Crippen molar-refractivity contribution in [2.75, 3.05) is 43.0 Å². The molecule has 1 fully saturated rings. The average Bonchev–Trinajstić information content (AvgIpc) is 2.68. The van der Waals surface area contributed by atoms with Gasteiger partial charge in [0, 0.05) is 43.8 Å². The van der Waals surface area contributed by atoms with E-state index >= 15 is 0 Å². The van der Waals surface area contributed by atoms with Crippen LogP contribution < -0.4 is 10.2 Å². The van der Waals surface area contributed by atoms with Crippen LogP contribution in [0.25, 0.3) is 0 Å². The quantitative estimate of drug-likeness (QED) is 0.866. The molecule has 0 saturated carbocycles. The Kier molecular flexibility index (Phi) is 6.12. The van der Waals surface area contributed by atoms with Gasteiger partial charge in [-0.05, 0) is 18.6 Å². The highest BCUT2D eigenvalue weighted by Crippen LogP contribution is 2.19. The summed E-state index contributed by atoms with van der Waals surface area (Å²) in [5, 5.41) is 4.00. The molecule has 1 N–H and O–H groups in total. The summed E-state index contributed by atoms with van der Waals surface area (Å²) >= 11 is 6.18. The predicted octanol–water partition coefficient (Wildman–Crippen LogP) is 3.02. The van der Waals surface area contributed by atoms with Crippen molar-refractivity contribution in [3.63, 3.8) is 0 Å². The molecular formula is C18H22ClN5O2. The van der Waals surface area contributed by atoms with Crippen molar-refractivity contribution in [1.82, 2.24) is 14.9 Å². The smallest absolute Gasteiger partial charge is 0.409 e. The molecule has 0 aliphatic carbocycles. The number of nitrogens with one attached hydrogen (secondary N) is 1. The Bertz CT molecular complexity index is 750. The van der Waals surface area contributed by atoms with Crippen molar-refractivity contribution >= 4 is 29.3 Å². The van der Waals surface area contributed by atoms with Crippen LogP contribution in [-0.4, -0.2) is 53.7 Å². The third kappa shape index (κ3) is 4.54. The van der Waals surface area contributed by atoms with Gasteiger partial charge in [-0.15, -0.1) is 0 Å². The van der Waals surface area contributed by atoms with Gasteiger partial charge in [0.25, 0.3) is 0 Å². The van der Waals surface area contributed by atoms with Gasteiger partial charge in [0.05, 0.1) is 6.61 Å². The van der Waals surface area contributed by atoms with E-state index in [1.807, 2.05) is 37.3 Å². The molecule has 8 heteroatoms. The number of ether oxygens (including phenoxy) is 1. The third-order valence-electron chi connectivity index (χ3n) is 4.20. The minimum atomic E-state index is -0.253. The van der Waals surface area contributed by atoms with E-state index in [0.717, 1.165) is 22.2 Å². The molecule has 0 radical (unpaired) electrons. The first-order valence-electron chi connectivity index (χ1n) is 8.63. The van der Waals surface area contributed by atoms with E-state index in [9.17, 15) is 4.79 Å². The number of piperazine rings is 1. The van der Waals surface area contributed by atoms with E-state index in [0.29, 0.717) is 39.3 Å². The summed E-state index contributed by atoms with van der Waals surface area (Å²) in [6.07, 6.45) is 1.29. The topological polar surface area (TPSA) is 70.6 Å². The first-order valence-corrected chi connectivity index (χ1v) is 9.01. The molecule has 0 bridgehead atoms.